The predicted octanol–water partition coefficient (Wildman–Crippen LogP) is 4.04. The van der Waals surface area contributed by atoms with E-state index in [1.54, 1.807) is 68.3 Å². The summed E-state index contributed by atoms with van der Waals surface area (Å²) in [6, 6.07) is 16.9. The molecule has 0 aliphatic heterocycles. The Hall–Kier alpha value is -4.53. The van der Waals surface area contributed by atoms with Gasteiger partial charge in [-0.3, -0.25) is 24.2 Å². The molecule has 9 nitrogen and oxygen atoms in total. The second-order valence-corrected chi connectivity index (χ2v) is 8.27. The van der Waals surface area contributed by atoms with Crippen LogP contribution in [-0.2, 0) is 7.05 Å². The van der Waals surface area contributed by atoms with Crippen LogP contribution in [0.25, 0.3) is 12.2 Å². The number of nitrogens with zero attached hydrogens (tertiary/aromatic N) is 5. The van der Waals surface area contributed by atoms with Crippen LogP contribution in [-0.4, -0.2) is 23.8 Å². The zero-order valence-corrected chi connectivity index (χ0v) is 19.6. The van der Waals surface area contributed by atoms with Crippen molar-refractivity contribution in [2.24, 2.45) is 7.05 Å². The van der Waals surface area contributed by atoms with Gasteiger partial charge in [-0.2, -0.15) is 5.10 Å². The molecule has 0 fully saturated rings. The quantitative estimate of drug-likeness (QED) is 0.299. The summed E-state index contributed by atoms with van der Waals surface area (Å²) in [4.78, 5) is 38.8. The first-order valence-corrected chi connectivity index (χ1v) is 11.1. The zero-order chi connectivity index (χ0) is 25.1. The van der Waals surface area contributed by atoms with E-state index in [0.717, 1.165) is 10.1 Å². The molecule has 0 aliphatic rings. The Labute approximate surface area is 201 Å². The molecular weight excluding hydrogens is 446 g/mol. The Bertz CT molecular complexity index is 1500. The van der Waals surface area contributed by atoms with Crippen LogP contribution in [0, 0.1) is 10.1 Å². The lowest BCUT2D eigenvalue weighted by molar-refractivity contribution is -0.387. The molecule has 178 valence electrons. The standard InChI is InChI=1S/C26H25N5O4/c1-18(21-10-6-4-7-11-21)29-23(15-14-20-16-27-28(3)17-20)24(31(34)35)25(32)30(26(29)33)19(2)22-12-8-5-9-13-22/h4-19H,1-3H3/b15-14+. The topological polar surface area (TPSA) is 105 Å². The maximum atomic E-state index is 13.9. The molecule has 2 unspecified atom stereocenters. The van der Waals surface area contributed by atoms with E-state index in [4.69, 9.17) is 0 Å². The van der Waals surface area contributed by atoms with Gasteiger partial charge in [0.25, 0.3) is 0 Å². The number of rotatable bonds is 7. The maximum absolute atomic E-state index is 13.9. The highest BCUT2D eigenvalue weighted by molar-refractivity contribution is 5.71. The third-order valence-electron chi connectivity index (χ3n) is 6.02. The normalized spacial score (nSPS) is 13.1. The summed E-state index contributed by atoms with van der Waals surface area (Å²) in [6.07, 6.45) is 6.36. The van der Waals surface area contributed by atoms with Crippen molar-refractivity contribution in [2.75, 3.05) is 0 Å². The summed E-state index contributed by atoms with van der Waals surface area (Å²) in [7, 11) is 1.75. The lowest BCUT2D eigenvalue weighted by atomic mass is 10.1. The van der Waals surface area contributed by atoms with E-state index in [1.165, 1.54) is 10.6 Å². The van der Waals surface area contributed by atoms with Crippen LogP contribution >= 0.6 is 0 Å². The molecule has 2 heterocycles. The lowest BCUT2D eigenvalue weighted by Crippen LogP contribution is -2.44. The smallest absolute Gasteiger partial charge is 0.280 e. The fraction of sp³-hybridized carbons (Fsp3) is 0.192. The molecule has 0 bridgehead atoms. The summed E-state index contributed by atoms with van der Waals surface area (Å²) in [5, 5.41) is 16.3. The molecule has 2 atom stereocenters. The van der Waals surface area contributed by atoms with E-state index >= 15 is 0 Å². The monoisotopic (exact) mass is 471 g/mol. The van der Waals surface area contributed by atoms with Gasteiger partial charge in [-0.1, -0.05) is 60.7 Å². The molecule has 0 spiro atoms. The van der Waals surface area contributed by atoms with Crippen LogP contribution in [0.1, 0.15) is 48.3 Å². The Morgan fingerprint density at radius 1 is 0.886 bits per heavy atom. The molecule has 0 radical (unpaired) electrons. The van der Waals surface area contributed by atoms with Crippen LogP contribution in [0.4, 0.5) is 5.69 Å². The van der Waals surface area contributed by atoms with Gasteiger partial charge in [0, 0.05) is 18.8 Å². The van der Waals surface area contributed by atoms with E-state index in [9.17, 15) is 19.7 Å². The zero-order valence-electron chi connectivity index (χ0n) is 19.6. The van der Waals surface area contributed by atoms with Gasteiger partial charge >= 0.3 is 16.9 Å². The number of benzene rings is 2. The Morgan fingerprint density at radius 3 is 1.91 bits per heavy atom. The Morgan fingerprint density at radius 2 is 1.43 bits per heavy atom. The highest BCUT2D eigenvalue weighted by atomic mass is 16.6. The van der Waals surface area contributed by atoms with E-state index in [2.05, 4.69) is 5.10 Å². The van der Waals surface area contributed by atoms with Crippen molar-refractivity contribution in [2.45, 2.75) is 25.9 Å². The van der Waals surface area contributed by atoms with Crippen molar-refractivity contribution < 1.29 is 4.92 Å². The van der Waals surface area contributed by atoms with E-state index in [0.29, 0.717) is 11.1 Å². The molecule has 35 heavy (non-hydrogen) atoms. The molecule has 0 amide bonds. The summed E-state index contributed by atoms with van der Waals surface area (Å²) >= 11 is 0. The average Bonchev–Trinajstić information content (AvgIpc) is 3.28. The molecular formula is C26H25N5O4. The predicted molar refractivity (Wildman–Crippen MR) is 134 cm³/mol. The first kappa shape index (κ1) is 23.6. The summed E-state index contributed by atoms with van der Waals surface area (Å²) in [6.45, 7) is 3.47. The van der Waals surface area contributed by atoms with Crippen LogP contribution in [0.3, 0.4) is 0 Å². The first-order chi connectivity index (χ1) is 16.8. The number of hydrogen-bond donors (Lipinski definition) is 0. The minimum absolute atomic E-state index is 0.0679. The van der Waals surface area contributed by atoms with Crippen LogP contribution in [0.15, 0.2) is 82.6 Å². The highest BCUT2D eigenvalue weighted by Crippen LogP contribution is 2.25. The summed E-state index contributed by atoms with van der Waals surface area (Å²) in [5.41, 5.74) is -0.152. The fourth-order valence-corrected chi connectivity index (χ4v) is 4.15. The molecule has 2 aromatic carbocycles. The van der Waals surface area contributed by atoms with Crippen molar-refractivity contribution in [3.63, 3.8) is 0 Å². The van der Waals surface area contributed by atoms with Gasteiger partial charge in [0.2, 0.25) is 0 Å². The van der Waals surface area contributed by atoms with Crippen LogP contribution < -0.4 is 11.2 Å². The molecule has 0 aliphatic carbocycles. The molecule has 0 saturated carbocycles. The fourth-order valence-electron chi connectivity index (χ4n) is 4.15. The number of aromatic nitrogens is 4. The molecule has 9 heteroatoms. The van der Waals surface area contributed by atoms with Gasteiger partial charge in [0.05, 0.1) is 23.2 Å². The van der Waals surface area contributed by atoms with E-state index < -0.39 is 33.9 Å². The summed E-state index contributed by atoms with van der Waals surface area (Å²) in [5.74, 6) is 0. The second-order valence-electron chi connectivity index (χ2n) is 8.27. The first-order valence-electron chi connectivity index (χ1n) is 11.1. The molecule has 0 saturated heterocycles. The van der Waals surface area contributed by atoms with E-state index in [1.807, 2.05) is 36.4 Å². The van der Waals surface area contributed by atoms with Gasteiger partial charge < -0.3 is 0 Å². The second kappa shape index (κ2) is 9.76. The van der Waals surface area contributed by atoms with Crippen LogP contribution in [0.5, 0.6) is 0 Å². The number of hydrogen-bond acceptors (Lipinski definition) is 5. The molecule has 4 rings (SSSR count). The third kappa shape index (κ3) is 4.61. The average molecular weight is 472 g/mol. The van der Waals surface area contributed by atoms with Crippen molar-refractivity contribution in [3.8, 4) is 0 Å². The van der Waals surface area contributed by atoms with Crippen molar-refractivity contribution >= 4 is 17.8 Å². The maximum Gasteiger partial charge on any atom is 0.357 e. The number of nitro groups is 1. The van der Waals surface area contributed by atoms with Gasteiger partial charge in [-0.05, 0) is 37.1 Å². The molecule has 0 N–H and O–H groups in total. The number of aryl methyl sites for hydroxylation is 1. The van der Waals surface area contributed by atoms with Gasteiger partial charge in [-0.15, -0.1) is 0 Å². The SMILES string of the molecule is CC(c1ccccc1)n1c(/C=C/c2cnn(C)c2)c([N+](=O)[O-])c(=O)n(C(C)c2ccccc2)c1=O. The van der Waals surface area contributed by atoms with E-state index in [-0.39, 0.29) is 5.69 Å². The van der Waals surface area contributed by atoms with Gasteiger partial charge in [-0.25, -0.2) is 9.36 Å². The highest BCUT2D eigenvalue weighted by Gasteiger charge is 2.31. The van der Waals surface area contributed by atoms with Crippen molar-refractivity contribution in [1.29, 1.82) is 0 Å². The minimum Gasteiger partial charge on any atom is -0.280 e. The van der Waals surface area contributed by atoms with Crippen LogP contribution in [0.2, 0.25) is 0 Å². The third-order valence-corrected chi connectivity index (χ3v) is 6.02. The van der Waals surface area contributed by atoms with Gasteiger partial charge in [0.1, 0.15) is 5.69 Å². The lowest BCUT2D eigenvalue weighted by Gasteiger charge is -2.22. The van der Waals surface area contributed by atoms with Crippen molar-refractivity contribution in [1.82, 2.24) is 18.9 Å². The summed E-state index contributed by atoms with van der Waals surface area (Å²) < 4.78 is 3.88. The largest absolute Gasteiger partial charge is 0.357 e. The minimum atomic E-state index is -0.946. The molecule has 2 aromatic heterocycles. The van der Waals surface area contributed by atoms with Crippen molar-refractivity contribution in [3.05, 3.63) is 126 Å². The Balaban J connectivity index is 2.04. The Kier molecular flexibility index (Phi) is 6.59. The van der Waals surface area contributed by atoms with Gasteiger partial charge in [0.15, 0.2) is 0 Å². The molecule has 4 aromatic rings.